The molecule has 54 heavy (non-hydrogen) atoms. The van der Waals surface area contributed by atoms with Gasteiger partial charge in [-0.25, -0.2) is 22.9 Å². The van der Waals surface area contributed by atoms with Gasteiger partial charge in [0.25, 0.3) is 5.56 Å². The third-order valence-corrected chi connectivity index (χ3v) is 10.0. The van der Waals surface area contributed by atoms with Crippen molar-refractivity contribution >= 4 is 45.4 Å². The lowest BCUT2D eigenvalue weighted by Crippen LogP contribution is -2.47. The van der Waals surface area contributed by atoms with E-state index in [9.17, 15) is 28.3 Å². The molecule has 0 aliphatic carbocycles. The Morgan fingerprint density at radius 1 is 0.926 bits per heavy atom. The van der Waals surface area contributed by atoms with E-state index in [1.54, 1.807) is 6.33 Å². The number of benzene rings is 3. The van der Waals surface area contributed by atoms with Gasteiger partial charge in [0.15, 0.2) is 11.2 Å². The van der Waals surface area contributed by atoms with Crippen LogP contribution in [0.5, 0.6) is 0 Å². The quantitative estimate of drug-likeness (QED) is 0.126. The smallest absolute Gasteiger partial charge is 0.341 e. The molecule has 12 nitrogen and oxygen atoms in total. The number of carbonyl (C=O) groups is 1. The van der Waals surface area contributed by atoms with Crippen LogP contribution < -0.4 is 21.2 Å². The maximum absolute atomic E-state index is 15.6. The van der Waals surface area contributed by atoms with E-state index in [0.29, 0.717) is 50.4 Å². The Hall–Kier alpha value is -5.96. The number of rotatable bonds is 12. The summed E-state index contributed by atoms with van der Waals surface area (Å²) in [5.41, 5.74) is 2.31. The van der Waals surface area contributed by atoms with E-state index in [2.05, 4.69) is 45.1 Å². The lowest BCUT2D eigenvalue weighted by Gasteiger charge is -2.36. The molecule has 1 aliphatic heterocycles. The molecule has 6 aromatic rings. The van der Waals surface area contributed by atoms with E-state index in [0.717, 1.165) is 66.9 Å². The molecule has 15 heteroatoms. The van der Waals surface area contributed by atoms with Crippen LogP contribution in [0.1, 0.15) is 47.7 Å². The maximum atomic E-state index is 15.6. The van der Waals surface area contributed by atoms with Crippen molar-refractivity contribution < 1.29 is 23.1 Å². The molecule has 0 spiro atoms. The Labute approximate surface area is 307 Å². The summed E-state index contributed by atoms with van der Waals surface area (Å²) in [6.07, 6.45) is 6.22. The lowest BCUT2D eigenvalue weighted by atomic mass is 10.1. The van der Waals surface area contributed by atoms with Crippen molar-refractivity contribution in [2.24, 2.45) is 0 Å². The summed E-state index contributed by atoms with van der Waals surface area (Å²) in [4.78, 5) is 53.5. The highest BCUT2D eigenvalue weighted by Crippen LogP contribution is 2.29. The van der Waals surface area contributed by atoms with Crippen LogP contribution in [0.4, 0.5) is 30.5 Å². The third kappa shape index (κ3) is 7.31. The number of piperazine rings is 1. The topological polar surface area (TPSA) is 141 Å². The number of hydrogen-bond acceptors (Lipinski definition) is 8. The van der Waals surface area contributed by atoms with Gasteiger partial charge in [-0.2, -0.15) is 4.98 Å². The Bertz CT molecular complexity index is 2510. The molecule has 0 unspecified atom stereocenters. The monoisotopic (exact) mass is 740 g/mol. The summed E-state index contributed by atoms with van der Waals surface area (Å²) in [6.45, 7) is 7.94. The Morgan fingerprint density at radius 3 is 2.43 bits per heavy atom. The largest absolute Gasteiger partial charge is 0.477 e. The molecule has 4 heterocycles. The van der Waals surface area contributed by atoms with Crippen molar-refractivity contribution in [3.05, 3.63) is 116 Å². The zero-order valence-corrected chi connectivity index (χ0v) is 29.8. The van der Waals surface area contributed by atoms with Crippen LogP contribution in [0.3, 0.4) is 0 Å². The van der Waals surface area contributed by atoms with Crippen LogP contribution in [-0.2, 0) is 13.0 Å². The van der Waals surface area contributed by atoms with Crippen molar-refractivity contribution in [3.8, 4) is 5.69 Å². The fraction of sp³-hybridized carbons (Fsp3) is 0.308. The number of fused-ring (bicyclic) bond motifs is 2. The molecule has 1 fully saturated rings. The average Bonchev–Trinajstić information content (AvgIpc) is 3.56. The second kappa shape index (κ2) is 15.2. The summed E-state index contributed by atoms with van der Waals surface area (Å²) in [5, 5.41) is 12.6. The van der Waals surface area contributed by atoms with Gasteiger partial charge in [-0.15, -0.1) is 0 Å². The Kier molecular flexibility index (Phi) is 10.2. The molecule has 1 aliphatic rings. The van der Waals surface area contributed by atoms with Crippen molar-refractivity contribution in [2.75, 3.05) is 42.9 Å². The zero-order valence-electron chi connectivity index (χ0n) is 29.8. The van der Waals surface area contributed by atoms with Crippen LogP contribution in [0.15, 0.2) is 70.6 Å². The van der Waals surface area contributed by atoms with Gasteiger partial charge in [0.1, 0.15) is 23.0 Å². The fourth-order valence-electron chi connectivity index (χ4n) is 7.06. The number of halogens is 3. The lowest BCUT2D eigenvalue weighted by molar-refractivity contribution is 0.0695. The minimum atomic E-state index is -1.55. The number of aromatic amines is 1. The molecule has 1 saturated heterocycles. The second-order valence-electron chi connectivity index (χ2n) is 13.5. The van der Waals surface area contributed by atoms with Gasteiger partial charge < -0.3 is 24.5 Å². The van der Waals surface area contributed by atoms with E-state index in [1.807, 2.05) is 21.6 Å². The first-order valence-electron chi connectivity index (χ1n) is 17.9. The van der Waals surface area contributed by atoms with Crippen LogP contribution in [0.2, 0.25) is 0 Å². The molecule has 3 N–H and O–H groups in total. The Morgan fingerprint density at radius 2 is 1.69 bits per heavy atom. The number of anilines is 3. The summed E-state index contributed by atoms with van der Waals surface area (Å²) in [7, 11) is 0. The van der Waals surface area contributed by atoms with E-state index < -0.39 is 34.4 Å². The molecule has 7 rings (SSSR count). The van der Waals surface area contributed by atoms with Gasteiger partial charge in [-0.1, -0.05) is 19.4 Å². The van der Waals surface area contributed by atoms with Gasteiger partial charge in [0.05, 0.1) is 23.2 Å². The van der Waals surface area contributed by atoms with Gasteiger partial charge >= 0.3 is 5.97 Å². The number of pyridine rings is 1. The van der Waals surface area contributed by atoms with Crippen LogP contribution in [0.25, 0.3) is 27.8 Å². The standard InChI is InChI=1S/C39H39F3N8O4/c1-3-24-17-26(9-7-23(24)2)44-39-45-36-34(37(52)46-39)43-22-49(36)12-6-4-5-11-47-13-15-48(16-14-47)33-20-32-27(19-30(33)42)35(51)28(38(53)54)21-50(32)31-10-8-25(40)18-29(31)41/h7-10,17-22H,3-6,11-16H2,1-2H3,(H,53,54)(H2,44,45,46,52). The third-order valence-electron chi connectivity index (χ3n) is 10.0. The minimum Gasteiger partial charge on any atom is -0.477 e. The molecular weight excluding hydrogens is 701 g/mol. The first kappa shape index (κ1) is 36.4. The highest BCUT2D eigenvalue weighted by molar-refractivity contribution is 5.94. The number of nitrogens with one attached hydrogen (secondary N) is 2. The molecule has 0 bridgehead atoms. The van der Waals surface area contributed by atoms with Crippen LogP contribution in [-0.4, -0.2) is 72.8 Å². The van der Waals surface area contributed by atoms with Crippen molar-refractivity contribution in [1.82, 2.24) is 29.0 Å². The maximum Gasteiger partial charge on any atom is 0.341 e. The molecule has 3 aromatic carbocycles. The molecule has 0 radical (unpaired) electrons. The van der Waals surface area contributed by atoms with Crippen molar-refractivity contribution in [3.63, 3.8) is 0 Å². The van der Waals surface area contributed by atoms with Crippen LogP contribution >= 0.6 is 0 Å². The predicted molar refractivity (Wildman–Crippen MR) is 201 cm³/mol. The van der Waals surface area contributed by atoms with E-state index in [1.165, 1.54) is 17.2 Å². The first-order chi connectivity index (χ1) is 26.0. The van der Waals surface area contributed by atoms with Crippen molar-refractivity contribution in [1.29, 1.82) is 0 Å². The number of nitrogens with zero attached hydrogens (tertiary/aromatic N) is 6. The van der Waals surface area contributed by atoms with Gasteiger partial charge in [-0.05, 0) is 80.3 Å². The molecule has 0 atom stereocenters. The first-order valence-corrected chi connectivity index (χ1v) is 17.9. The Balaban J connectivity index is 0.970. The minimum absolute atomic E-state index is 0.101. The van der Waals surface area contributed by atoms with Crippen LogP contribution in [0, 0.1) is 24.4 Å². The number of aryl methyl sites for hydroxylation is 3. The average molecular weight is 741 g/mol. The van der Waals surface area contributed by atoms with Gasteiger partial charge in [-0.3, -0.25) is 19.5 Å². The summed E-state index contributed by atoms with van der Waals surface area (Å²) in [5.74, 6) is -3.68. The number of imidazole rings is 1. The second-order valence-corrected chi connectivity index (χ2v) is 13.5. The molecule has 3 aromatic heterocycles. The number of aromatic nitrogens is 5. The zero-order chi connectivity index (χ0) is 38.1. The summed E-state index contributed by atoms with van der Waals surface area (Å²) in [6, 6.07) is 11.3. The van der Waals surface area contributed by atoms with E-state index in [4.69, 9.17) is 0 Å². The number of aromatic carboxylic acids is 1. The highest BCUT2D eigenvalue weighted by Gasteiger charge is 2.24. The molecule has 0 saturated carbocycles. The van der Waals surface area contributed by atoms with Gasteiger partial charge in [0, 0.05) is 56.1 Å². The number of unbranched alkanes of at least 4 members (excludes halogenated alkanes) is 2. The molecular formula is C39H39F3N8O4. The van der Waals surface area contributed by atoms with E-state index >= 15 is 4.39 Å². The normalized spacial score (nSPS) is 13.6. The van der Waals surface area contributed by atoms with E-state index in [-0.39, 0.29) is 33.4 Å². The predicted octanol–water partition coefficient (Wildman–Crippen LogP) is 6.15. The van der Waals surface area contributed by atoms with Crippen molar-refractivity contribution in [2.45, 2.75) is 46.1 Å². The molecule has 0 amide bonds. The SMILES string of the molecule is CCc1cc(Nc2nc3c(ncn3CCCCCN3CCN(c4cc5c(cc4F)c(=O)c(C(=O)O)cn5-c4ccc(F)cc4F)CC3)c(=O)[nH]2)ccc1C. The fourth-order valence-corrected chi connectivity index (χ4v) is 7.06. The summed E-state index contributed by atoms with van der Waals surface area (Å²) < 4.78 is 47.2. The highest BCUT2D eigenvalue weighted by atomic mass is 19.1. The van der Waals surface area contributed by atoms with Gasteiger partial charge in [0.2, 0.25) is 11.4 Å². The summed E-state index contributed by atoms with van der Waals surface area (Å²) >= 11 is 0. The number of hydrogen-bond donors (Lipinski definition) is 3. The number of H-pyrrole nitrogens is 1. The number of carboxylic acid groups (broad SMARTS) is 1. The molecule has 280 valence electrons. The number of carboxylic acids is 1.